The monoisotopic (exact) mass is 473 g/mol. The van der Waals surface area contributed by atoms with E-state index in [1.54, 1.807) is 6.33 Å². The van der Waals surface area contributed by atoms with E-state index in [1.165, 1.54) is 29.4 Å². The highest BCUT2D eigenvalue weighted by Crippen LogP contribution is 2.40. The van der Waals surface area contributed by atoms with Gasteiger partial charge in [-0.25, -0.2) is 14.5 Å². The van der Waals surface area contributed by atoms with Crippen LogP contribution >= 0.6 is 0 Å². The van der Waals surface area contributed by atoms with Gasteiger partial charge in [-0.15, -0.1) is 0 Å². The number of aromatic nitrogens is 5. The second kappa shape index (κ2) is 8.91. The normalized spacial score (nSPS) is 18.4. The fraction of sp³-hybridized carbons (Fsp3) is 0.519. The average Bonchev–Trinajstić information content (AvgIpc) is 3.51. The molecule has 184 valence electrons. The number of fused-ring (bicyclic) bond motifs is 2. The van der Waals surface area contributed by atoms with E-state index in [0.717, 1.165) is 73.2 Å². The fourth-order valence-electron chi connectivity index (χ4n) is 6.11. The van der Waals surface area contributed by atoms with E-state index in [0.29, 0.717) is 12.0 Å². The number of ether oxygens (including phenoxy) is 1. The van der Waals surface area contributed by atoms with Gasteiger partial charge < -0.3 is 14.6 Å². The number of nitrogens with one attached hydrogen (secondary N) is 1. The number of anilines is 1. The molecule has 0 aliphatic carbocycles. The van der Waals surface area contributed by atoms with E-state index >= 15 is 0 Å². The summed E-state index contributed by atoms with van der Waals surface area (Å²) in [6.07, 6.45) is 8.09. The summed E-state index contributed by atoms with van der Waals surface area (Å²) in [5.41, 5.74) is 8.03. The summed E-state index contributed by atoms with van der Waals surface area (Å²) in [6, 6.07) is 2.87. The van der Waals surface area contributed by atoms with Crippen LogP contribution in [-0.2, 0) is 4.74 Å². The summed E-state index contributed by atoms with van der Waals surface area (Å²) in [5, 5.41) is 5.70. The first-order valence-corrected chi connectivity index (χ1v) is 12.9. The predicted molar refractivity (Wildman–Crippen MR) is 139 cm³/mol. The first-order chi connectivity index (χ1) is 17.0. The number of H-pyrrole nitrogens is 1. The molecule has 0 saturated carbocycles. The molecular formula is C27H35N7O. The molecule has 2 aliphatic heterocycles. The lowest BCUT2D eigenvalue weighted by molar-refractivity contribution is 0.0114. The summed E-state index contributed by atoms with van der Waals surface area (Å²) in [5.74, 6) is 1.50. The van der Waals surface area contributed by atoms with Crippen LogP contribution in [0.1, 0.15) is 49.3 Å². The highest BCUT2D eigenvalue weighted by molar-refractivity contribution is 5.95. The SMILES string of the molecule is Cc1c(N2CCC(N3CCOCC3)CC2)ncc2[nH]c(-c3cc(C)c4ncnn4c3)c(C(C)C)c12. The number of aryl methyl sites for hydroxylation is 2. The maximum atomic E-state index is 5.55. The molecule has 4 aromatic rings. The van der Waals surface area contributed by atoms with E-state index in [-0.39, 0.29) is 0 Å². The van der Waals surface area contributed by atoms with Crippen molar-refractivity contribution >= 4 is 22.4 Å². The van der Waals surface area contributed by atoms with Gasteiger partial charge in [-0.2, -0.15) is 5.10 Å². The predicted octanol–water partition coefficient (Wildman–Crippen LogP) is 4.31. The Balaban J connectivity index is 1.36. The Hall–Kier alpha value is -2.97. The first kappa shape index (κ1) is 22.5. The zero-order chi connectivity index (χ0) is 24.1. The summed E-state index contributed by atoms with van der Waals surface area (Å²) < 4.78 is 7.42. The Morgan fingerprint density at radius 2 is 1.83 bits per heavy atom. The molecule has 0 radical (unpaired) electrons. The number of hydrogen-bond acceptors (Lipinski definition) is 6. The molecule has 4 aromatic heterocycles. The average molecular weight is 474 g/mol. The maximum absolute atomic E-state index is 5.55. The van der Waals surface area contributed by atoms with Gasteiger partial charge in [0.2, 0.25) is 0 Å². The van der Waals surface area contributed by atoms with Crippen molar-refractivity contribution in [3.05, 3.63) is 41.5 Å². The molecular weight excluding hydrogens is 438 g/mol. The molecule has 0 spiro atoms. The van der Waals surface area contributed by atoms with E-state index < -0.39 is 0 Å². The van der Waals surface area contributed by atoms with E-state index in [2.05, 4.69) is 64.8 Å². The van der Waals surface area contributed by atoms with Crippen molar-refractivity contribution in [2.45, 2.75) is 52.5 Å². The Bertz CT molecular complexity index is 1360. The van der Waals surface area contributed by atoms with Gasteiger partial charge in [-0.05, 0) is 49.8 Å². The van der Waals surface area contributed by atoms with Crippen molar-refractivity contribution in [2.24, 2.45) is 0 Å². The van der Waals surface area contributed by atoms with Crippen LogP contribution in [0.3, 0.4) is 0 Å². The Morgan fingerprint density at radius 3 is 2.57 bits per heavy atom. The van der Waals surface area contributed by atoms with Gasteiger partial charge in [-0.3, -0.25) is 4.90 Å². The van der Waals surface area contributed by atoms with Gasteiger partial charge in [-0.1, -0.05) is 13.8 Å². The third kappa shape index (κ3) is 3.89. The van der Waals surface area contributed by atoms with Crippen molar-refractivity contribution in [1.82, 2.24) is 29.5 Å². The highest BCUT2D eigenvalue weighted by Gasteiger charge is 2.28. The number of rotatable bonds is 4. The minimum Gasteiger partial charge on any atom is -0.379 e. The molecule has 1 N–H and O–H groups in total. The Morgan fingerprint density at radius 1 is 1.06 bits per heavy atom. The van der Waals surface area contributed by atoms with Crippen LogP contribution in [0.25, 0.3) is 27.8 Å². The van der Waals surface area contributed by atoms with Gasteiger partial charge in [0.05, 0.1) is 30.6 Å². The zero-order valence-corrected chi connectivity index (χ0v) is 21.2. The van der Waals surface area contributed by atoms with Crippen LogP contribution in [0.15, 0.2) is 24.8 Å². The zero-order valence-electron chi connectivity index (χ0n) is 21.2. The van der Waals surface area contributed by atoms with E-state index in [1.807, 2.05) is 10.7 Å². The molecule has 8 nitrogen and oxygen atoms in total. The topological polar surface area (TPSA) is 74.6 Å². The molecule has 6 rings (SSSR count). The molecule has 0 aromatic carbocycles. The van der Waals surface area contributed by atoms with Crippen molar-refractivity contribution < 1.29 is 4.74 Å². The van der Waals surface area contributed by atoms with Gasteiger partial charge in [0.25, 0.3) is 0 Å². The standard InChI is InChI=1S/C27H35N7O/c1-17(2)23-24-19(4)27(33-7-5-21(6-8-33)32-9-11-35-12-10-32)28-14-22(24)31-25(23)20-13-18(3)26-29-16-30-34(26)15-20/h13-17,21,31H,5-12H2,1-4H3. The minimum absolute atomic E-state index is 0.367. The van der Waals surface area contributed by atoms with Gasteiger partial charge in [0, 0.05) is 54.9 Å². The molecule has 0 atom stereocenters. The molecule has 2 fully saturated rings. The third-order valence-corrected chi connectivity index (χ3v) is 7.85. The van der Waals surface area contributed by atoms with Crippen LogP contribution in [0.4, 0.5) is 5.82 Å². The molecule has 35 heavy (non-hydrogen) atoms. The van der Waals surface area contributed by atoms with E-state index in [9.17, 15) is 0 Å². The highest BCUT2D eigenvalue weighted by atomic mass is 16.5. The molecule has 0 amide bonds. The number of pyridine rings is 2. The number of piperidine rings is 1. The number of hydrogen-bond donors (Lipinski definition) is 1. The molecule has 6 heterocycles. The van der Waals surface area contributed by atoms with Crippen LogP contribution in [0.2, 0.25) is 0 Å². The Labute approximate surface area is 206 Å². The van der Waals surface area contributed by atoms with Crippen LogP contribution < -0.4 is 4.90 Å². The largest absolute Gasteiger partial charge is 0.379 e. The first-order valence-electron chi connectivity index (χ1n) is 12.9. The maximum Gasteiger partial charge on any atom is 0.158 e. The summed E-state index contributed by atoms with van der Waals surface area (Å²) in [7, 11) is 0. The van der Waals surface area contributed by atoms with Gasteiger partial charge in [0.1, 0.15) is 12.1 Å². The quantitative estimate of drug-likeness (QED) is 0.476. The molecule has 0 bridgehead atoms. The second-order valence-electron chi connectivity index (χ2n) is 10.4. The van der Waals surface area contributed by atoms with Gasteiger partial charge >= 0.3 is 0 Å². The molecule has 8 heteroatoms. The molecule has 0 unspecified atom stereocenters. The van der Waals surface area contributed by atoms with Crippen LogP contribution in [0.5, 0.6) is 0 Å². The molecule has 2 aliphatic rings. The number of morpholine rings is 1. The number of aromatic amines is 1. The lowest BCUT2D eigenvalue weighted by Crippen LogP contribution is -2.49. The van der Waals surface area contributed by atoms with Crippen molar-refractivity contribution in [3.63, 3.8) is 0 Å². The minimum atomic E-state index is 0.367. The lowest BCUT2D eigenvalue weighted by Gasteiger charge is -2.40. The van der Waals surface area contributed by atoms with Crippen molar-refractivity contribution in [2.75, 3.05) is 44.3 Å². The number of nitrogens with zero attached hydrogens (tertiary/aromatic N) is 6. The lowest BCUT2D eigenvalue weighted by atomic mass is 9.94. The summed E-state index contributed by atoms with van der Waals surface area (Å²) >= 11 is 0. The van der Waals surface area contributed by atoms with Crippen molar-refractivity contribution in [3.8, 4) is 11.3 Å². The fourth-order valence-corrected chi connectivity index (χ4v) is 6.11. The summed E-state index contributed by atoms with van der Waals surface area (Å²) in [4.78, 5) is 18.2. The molecule has 2 saturated heterocycles. The smallest absolute Gasteiger partial charge is 0.158 e. The van der Waals surface area contributed by atoms with Crippen LogP contribution in [0, 0.1) is 13.8 Å². The third-order valence-electron chi connectivity index (χ3n) is 7.85. The Kier molecular flexibility index (Phi) is 5.73. The summed E-state index contributed by atoms with van der Waals surface area (Å²) in [6.45, 7) is 14.9. The second-order valence-corrected chi connectivity index (χ2v) is 10.4. The van der Waals surface area contributed by atoms with E-state index in [4.69, 9.17) is 9.72 Å². The van der Waals surface area contributed by atoms with Crippen LogP contribution in [-0.4, -0.2) is 74.9 Å². The van der Waals surface area contributed by atoms with Gasteiger partial charge in [0.15, 0.2) is 5.65 Å². The van der Waals surface area contributed by atoms with Crippen molar-refractivity contribution in [1.29, 1.82) is 0 Å².